The maximum Gasteiger partial charge on any atom is 0.281 e. The number of nitrogens with two attached hydrogens (primary N) is 1. The number of carbonyl (C=O) groups is 2. The largest absolute Gasteiger partial charge is 0.360 e. The topological polar surface area (TPSA) is 85.9 Å². The molecule has 1 aromatic heterocycles. The second-order valence-electron chi connectivity index (χ2n) is 3.39. The first kappa shape index (κ1) is 12.3. The number of fused-ring (bicyclic) bond motifs is 1. The molecule has 0 aliphatic heterocycles. The standard InChI is InChI=1S/C12H9N3O2S/c13-12(17)18-9(7-16)5-8-1-2-10-11(6-8)15-4-3-14-10/h1-7H,(H2,13,17)/b9-5-. The van der Waals surface area contributed by atoms with Gasteiger partial charge in [0.2, 0.25) is 0 Å². The lowest BCUT2D eigenvalue weighted by Crippen LogP contribution is -2.02. The van der Waals surface area contributed by atoms with Crippen molar-refractivity contribution in [1.29, 1.82) is 0 Å². The van der Waals surface area contributed by atoms with E-state index in [1.54, 1.807) is 36.7 Å². The van der Waals surface area contributed by atoms with Gasteiger partial charge in [0.05, 0.1) is 15.9 Å². The Labute approximate surface area is 107 Å². The molecular formula is C12H9N3O2S. The van der Waals surface area contributed by atoms with Crippen LogP contribution in [0.2, 0.25) is 0 Å². The molecular weight excluding hydrogens is 250 g/mol. The molecule has 0 bridgehead atoms. The van der Waals surface area contributed by atoms with Crippen LogP contribution in [0.25, 0.3) is 17.1 Å². The molecule has 1 aromatic carbocycles. The molecule has 2 N–H and O–H groups in total. The van der Waals surface area contributed by atoms with E-state index in [2.05, 4.69) is 9.97 Å². The van der Waals surface area contributed by atoms with Crippen molar-refractivity contribution in [1.82, 2.24) is 9.97 Å². The lowest BCUT2D eigenvalue weighted by Gasteiger charge is -1.99. The Hall–Kier alpha value is -2.21. The highest BCUT2D eigenvalue weighted by atomic mass is 32.2. The Kier molecular flexibility index (Phi) is 3.69. The second kappa shape index (κ2) is 5.42. The van der Waals surface area contributed by atoms with Gasteiger partial charge in [-0.2, -0.15) is 0 Å². The van der Waals surface area contributed by atoms with E-state index in [4.69, 9.17) is 5.73 Å². The lowest BCUT2D eigenvalue weighted by molar-refractivity contribution is -0.104. The minimum Gasteiger partial charge on any atom is -0.360 e. The number of benzene rings is 1. The minimum atomic E-state index is -0.617. The molecule has 0 unspecified atom stereocenters. The quantitative estimate of drug-likeness (QED) is 0.672. The molecule has 2 aromatic rings. The van der Waals surface area contributed by atoms with Crippen LogP contribution in [0.15, 0.2) is 35.5 Å². The Morgan fingerprint density at radius 3 is 2.61 bits per heavy atom. The second-order valence-corrected chi connectivity index (χ2v) is 4.47. The van der Waals surface area contributed by atoms with Crippen molar-refractivity contribution in [2.24, 2.45) is 5.73 Å². The molecule has 6 heteroatoms. The smallest absolute Gasteiger partial charge is 0.281 e. The van der Waals surface area contributed by atoms with Crippen LogP contribution < -0.4 is 5.73 Å². The summed E-state index contributed by atoms with van der Waals surface area (Å²) in [6.45, 7) is 0. The van der Waals surface area contributed by atoms with E-state index in [1.807, 2.05) is 0 Å². The fraction of sp³-hybridized carbons (Fsp3) is 0. The maximum atomic E-state index is 10.8. The van der Waals surface area contributed by atoms with Gasteiger partial charge in [0.25, 0.3) is 5.24 Å². The summed E-state index contributed by atoms with van der Waals surface area (Å²) in [6.07, 6.45) is 5.37. The Morgan fingerprint density at radius 1 is 1.22 bits per heavy atom. The van der Waals surface area contributed by atoms with Gasteiger partial charge in [0.1, 0.15) is 0 Å². The molecule has 18 heavy (non-hydrogen) atoms. The van der Waals surface area contributed by atoms with Crippen molar-refractivity contribution in [3.63, 3.8) is 0 Å². The van der Waals surface area contributed by atoms with Gasteiger partial charge >= 0.3 is 0 Å². The van der Waals surface area contributed by atoms with Crippen molar-refractivity contribution in [3.8, 4) is 0 Å². The van der Waals surface area contributed by atoms with E-state index in [0.29, 0.717) is 18.0 Å². The molecule has 2 rings (SSSR count). The third-order valence-corrected chi connectivity index (χ3v) is 2.79. The number of allylic oxidation sites excluding steroid dienone is 1. The zero-order chi connectivity index (χ0) is 13.0. The van der Waals surface area contributed by atoms with Crippen molar-refractivity contribution < 1.29 is 9.59 Å². The van der Waals surface area contributed by atoms with Crippen LogP contribution in [0.1, 0.15) is 5.56 Å². The number of carbonyl (C=O) groups excluding carboxylic acids is 2. The first-order valence-electron chi connectivity index (χ1n) is 5.04. The molecule has 0 saturated carbocycles. The number of amides is 1. The Balaban J connectivity index is 2.38. The number of primary amides is 1. The summed E-state index contributed by atoms with van der Waals surface area (Å²) in [7, 11) is 0. The molecule has 0 spiro atoms. The van der Waals surface area contributed by atoms with Gasteiger partial charge in [-0.15, -0.1) is 0 Å². The molecule has 0 saturated heterocycles. The molecule has 5 nitrogen and oxygen atoms in total. The molecule has 0 aliphatic rings. The summed E-state index contributed by atoms with van der Waals surface area (Å²) in [5, 5.41) is -0.617. The Morgan fingerprint density at radius 2 is 1.94 bits per heavy atom. The molecule has 1 amide bonds. The molecule has 1 heterocycles. The van der Waals surface area contributed by atoms with E-state index in [1.165, 1.54) is 0 Å². The number of thioether (sulfide) groups is 1. The average Bonchev–Trinajstić information content (AvgIpc) is 2.37. The summed E-state index contributed by atoms with van der Waals surface area (Å²) >= 11 is 0.696. The number of nitrogens with zero attached hydrogens (tertiary/aromatic N) is 2. The predicted molar refractivity (Wildman–Crippen MR) is 70.8 cm³/mol. The zero-order valence-electron chi connectivity index (χ0n) is 9.24. The monoisotopic (exact) mass is 259 g/mol. The SMILES string of the molecule is NC(=O)S/C(C=O)=C\c1ccc2nccnc2c1. The maximum absolute atomic E-state index is 10.8. The summed E-state index contributed by atoms with van der Waals surface area (Å²) < 4.78 is 0. The first-order chi connectivity index (χ1) is 8.69. The van der Waals surface area contributed by atoms with Crippen LogP contribution in [0, 0.1) is 0 Å². The van der Waals surface area contributed by atoms with Crippen molar-refractivity contribution in [3.05, 3.63) is 41.1 Å². The fourth-order valence-corrected chi connectivity index (χ4v) is 1.91. The number of aldehydes is 1. The van der Waals surface area contributed by atoms with Crippen LogP contribution in [0.5, 0.6) is 0 Å². The van der Waals surface area contributed by atoms with Crippen molar-refractivity contribution in [2.45, 2.75) is 0 Å². The number of rotatable bonds is 3. The molecule has 0 atom stereocenters. The van der Waals surface area contributed by atoms with Gasteiger partial charge in [-0.1, -0.05) is 6.07 Å². The molecule has 0 fully saturated rings. The van der Waals surface area contributed by atoms with Crippen molar-refractivity contribution in [2.75, 3.05) is 0 Å². The summed E-state index contributed by atoms with van der Waals surface area (Å²) in [6, 6.07) is 5.38. The molecule has 0 radical (unpaired) electrons. The van der Waals surface area contributed by atoms with Crippen LogP contribution in [0.3, 0.4) is 0 Å². The highest BCUT2D eigenvalue weighted by Gasteiger charge is 2.03. The zero-order valence-corrected chi connectivity index (χ0v) is 10.1. The van der Waals surface area contributed by atoms with Crippen molar-refractivity contribution >= 4 is 40.4 Å². The molecule has 90 valence electrons. The van der Waals surface area contributed by atoms with Crippen LogP contribution >= 0.6 is 11.8 Å². The van der Waals surface area contributed by atoms with Gasteiger partial charge in [-0.25, -0.2) is 0 Å². The number of aromatic nitrogens is 2. The van der Waals surface area contributed by atoms with Crippen LogP contribution in [-0.4, -0.2) is 21.5 Å². The van der Waals surface area contributed by atoms with Gasteiger partial charge in [-0.3, -0.25) is 19.6 Å². The molecule has 0 aliphatic carbocycles. The lowest BCUT2D eigenvalue weighted by atomic mass is 10.2. The van der Waals surface area contributed by atoms with E-state index in [-0.39, 0.29) is 4.91 Å². The summed E-state index contributed by atoms with van der Waals surface area (Å²) in [4.78, 5) is 30.1. The highest BCUT2D eigenvalue weighted by molar-refractivity contribution is 8.17. The summed E-state index contributed by atoms with van der Waals surface area (Å²) in [5.74, 6) is 0. The van der Waals surface area contributed by atoms with E-state index in [9.17, 15) is 9.59 Å². The summed E-state index contributed by atoms with van der Waals surface area (Å²) in [5.41, 5.74) is 7.27. The Bertz CT molecular complexity index is 640. The highest BCUT2D eigenvalue weighted by Crippen LogP contribution is 2.19. The third-order valence-electron chi connectivity index (χ3n) is 2.14. The van der Waals surface area contributed by atoms with E-state index < -0.39 is 5.24 Å². The van der Waals surface area contributed by atoms with Gasteiger partial charge in [0, 0.05) is 12.4 Å². The van der Waals surface area contributed by atoms with Gasteiger partial charge in [-0.05, 0) is 35.5 Å². The predicted octanol–water partition coefficient (Wildman–Crippen LogP) is 1.98. The fourth-order valence-electron chi connectivity index (χ4n) is 1.44. The van der Waals surface area contributed by atoms with E-state index in [0.717, 1.165) is 16.6 Å². The van der Waals surface area contributed by atoms with Gasteiger partial charge < -0.3 is 5.73 Å². The van der Waals surface area contributed by atoms with Crippen LogP contribution in [-0.2, 0) is 4.79 Å². The third kappa shape index (κ3) is 2.92. The average molecular weight is 259 g/mol. The minimum absolute atomic E-state index is 0.255. The number of hydrogen-bond acceptors (Lipinski definition) is 5. The first-order valence-corrected chi connectivity index (χ1v) is 5.85. The normalized spacial score (nSPS) is 11.4. The van der Waals surface area contributed by atoms with E-state index >= 15 is 0 Å². The number of hydrogen-bond donors (Lipinski definition) is 1. The van der Waals surface area contributed by atoms with Crippen LogP contribution in [0.4, 0.5) is 4.79 Å². The van der Waals surface area contributed by atoms with Gasteiger partial charge in [0.15, 0.2) is 6.29 Å².